The highest BCUT2D eigenvalue weighted by atomic mass is 16.5. The largest absolute Gasteiger partial charge is 0.466 e. The number of ether oxygens (including phenoxy) is 1. The first-order valence-corrected chi connectivity index (χ1v) is 24.3. The van der Waals surface area contributed by atoms with Gasteiger partial charge in [-0.1, -0.05) is 236 Å². The molecule has 0 heterocycles. The van der Waals surface area contributed by atoms with Crippen molar-refractivity contribution in [3.05, 3.63) is 12.2 Å². The number of aliphatic hydroxyl groups excluding tert-OH is 1. The smallest absolute Gasteiger partial charge is 0.302 e. The minimum atomic E-state index is -0.161. The third-order valence-electron chi connectivity index (χ3n) is 8.47. The Kier molecular flexibility index (Phi) is 84.2. The zero-order valence-electron chi connectivity index (χ0n) is 40.3. The van der Waals surface area contributed by atoms with E-state index in [0.717, 1.165) is 18.9 Å². The van der Waals surface area contributed by atoms with E-state index in [9.17, 15) is 4.79 Å². The number of unbranched alkanes of at least 4 members (excludes halogenated alkanes) is 18. The molecule has 4 nitrogen and oxygen atoms in total. The lowest BCUT2D eigenvalue weighted by Gasteiger charge is -2.21. The molecule has 0 spiro atoms. The molecular weight excluding hydrogens is 663 g/mol. The molecule has 1 unspecified atom stereocenters. The number of nitrogens with zero attached hydrogens (tertiary/aromatic N) is 1. The molecule has 0 aromatic carbocycles. The van der Waals surface area contributed by atoms with Gasteiger partial charge in [0.15, 0.2) is 0 Å². The van der Waals surface area contributed by atoms with E-state index in [2.05, 4.69) is 100 Å². The normalized spacial score (nSPS) is 10.7. The summed E-state index contributed by atoms with van der Waals surface area (Å²) in [6, 6.07) is 0. The van der Waals surface area contributed by atoms with E-state index in [0.29, 0.717) is 13.2 Å². The summed E-state index contributed by atoms with van der Waals surface area (Å²) in [5.41, 5.74) is 0. The number of esters is 1. The number of aliphatic hydroxyl groups is 1. The first-order chi connectivity index (χ1) is 26.2. The minimum Gasteiger partial charge on any atom is -0.466 e. The molecule has 0 aliphatic carbocycles. The summed E-state index contributed by atoms with van der Waals surface area (Å²) in [4.78, 5) is 12.8. The molecule has 0 aromatic rings. The third kappa shape index (κ3) is 83.9. The molecule has 1 N–H and O–H groups in total. The lowest BCUT2D eigenvalue weighted by atomic mass is 9.97. The maximum atomic E-state index is 10.4. The molecule has 1 atom stereocenters. The molecule has 0 aromatic heterocycles. The van der Waals surface area contributed by atoms with Gasteiger partial charge < -0.3 is 14.7 Å². The van der Waals surface area contributed by atoms with Crippen LogP contribution in [0.4, 0.5) is 0 Å². The monoisotopic (exact) mass is 772 g/mol. The van der Waals surface area contributed by atoms with Crippen LogP contribution in [0, 0.1) is 5.92 Å². The average molecular weight is 772 g/mol. The van der Waals surface area contributed by atoms with Crippen LogP contribution in [0.2, 0.25) is 0 Å². The molecule has 54 heavy (non-hydrogen) atoms. The first kappa shape index (κ1) is 65.0. The Bertz CT molecular complexity index is 590. The highest BCUT2D eigenvalue weighted by molar-refractivity contribution is 5.65. The van der Waals surface area contributed by atoms with Crippen molar-refractivity contribution in [1.29, 1.82) is 0 Å². The Morgan fingerprint density at radius 2 is 0.870 bits per heavy atom. The van der Waals surface area contributed by atoms with Crippen LogP contribution in [0.3, 0.4) is 0 Å². The molecule has 0 amide bonds. The molecule has 0 aliphatic heterocycles. The number of carbonyl (C=O) groups is 1. The second-order valence-electron chi connectivity index (χ2n) is 15.2. The van der Waals surface area contributed by atoms with Gasteiger partial charge in [-0.3, -0.25) is 4.79 Å². The Balaban J connectivity index is -0.000000144. The van der Waals surface area contributed by atoms with Crippen LogP contribution in [-0.4, -0.2) is 48.8 Å². The molecule has 332 valence electrons. The molecule has 0 radical (unpaired) electrons. The van der Waals surface area contributed by atoms with E-state index in [1.54, 1.807) is 0 Å². The van der Waals surface area contributed by atoms with Crippen molar-refractivity contribution < 1.29 is 14.6 Å². The fraction of sp³-hybridized carbons (Fsp3) is 0.940. The molecule has 0 saturated carbocycles. The Hall–Kier alpha value is -0.870. The Morgan fingerprint density at radius 3 is 1.22 bits per heavy atom. The van der Waals surface area contributed by atoms with Gasteiger partial charge >= 0.3 is 5.97 Å². The van der Waals surface area contributed by atoms with Crippen LogP contribution >= 0.6 is 0 Å². The standard InChI is InChI=1S/C15H33NO.C15H30.C11H22O2.3C3H8/c1-3-5-7-9-11-13-16(14-15-17)12-10-8-6-4-2;1-4-7-9-10-11-12-14-15(6-3)13-8-5-2;1-3-4-5-6-7-8-9-10-13-11(2)12;3*1-3-2/h17H,3-15H2,1-2H3;8,13,15H,4-7,9-12,14H2,1-3H3;3-10H2,1-2H3;3*3H2,1-2H3/b;13-8-;;;;. The van der Waals surface area contributed by atoms with Crippen LogP contribution < -0.4 is 0 Å². The van der Waals surface area contributed by atoms with Gasteiger partial charge in [0, 0.05) is 13.5 Å². The predicted molar refractivity (Wildman–Crippen MR) is 250 cm³/mol. The third-order valence-corrected chi connectivity index (χ3v) is 8.47. The van der Waals surface area contributed by atoms with Crippen LogP contribution in [0.15, 0.2) is 12.2 Å². The van der Waals surface area contributed by atoms with E-state index in [4.69, 9.17) is 9.84 Å². The van der Waals surface area contributed by atoms with Crippen molar-refractivity contribution in [3.63, 3.8) is 0 Å². The maximum Gasteiger partial charge on any atom is 0.302 e. The number of hydrogen-bond acceptors (Lipinski definition) is 4. The number of allylic oxidation sites excluding steroid dienone is 2. The molecule has 4 heteroatoms. The summed E-state index contributed by atoms with van der Waals surface area (Å²) in [5.74, 6) is 0.683. The highest BCUT2D eigenvalue weighted by Crippen LogP contribution is 2.16. The average Bonchev–Trinajstić information content (AvgIpc) is 3.15. The van der Waals surface area contributed by atoms with Gasteiger partial charge in [-0.25, -0.2) is 0 Å². The van der Waals surface area contributed by atoms with Crippen LogP contribution in [0.25, 0.3) is 0 Å². The van der Waals surface area contributed by atoms with Gasteiger partial charge in [-0.05, 0) is 57.5 Å². The highest BCUT2D eigenvalue weighted by Gasteiger charge is 2.04. The minimum absolute atomic E-state index is 0.161. The molecule has 0 rings (SSSR count). The number of hydrogen-bond donors (Lipinski definition) is 1. The van der Waals surface area contributed by atoms with Gasteiger partial charge in [0.2, 0.25) is 0 Å². The van der Waals surface area contributed by atoms with Gasteiger partial charge in [0.05, 0.1) is 13.2 Å². The second-order valence-corrected chi connectivity index (χ2v) is 15.2. The van der Waals surface area contributed by atoms with Crippen molar-refractivity contribution in [1.82, 2.24) is 4.90 Å². The lowest BCUT2D eigenvalue weighted by Crippen LogP contribution is -2.29. The van der Waals surface area contributed by atoms with Crippen LogP contribution in [0.1, 0.15) is 270 Å². The number of rotatable bonds is 31. The zero-order valence-corrected chi connectivity index (χ0v) is 40.3. The maximum absolute atomic E-state index is 10.4. The molecule has 0 aliphatic rings. The van der Waals surface area contributed by atoms with E-state index >= 15 is 0 Å². The number of carbonyl (C=O) groups excluding carboxylic acids is 1. The van der Waals surface area contributed by atoms with Crippen LogP contribution in [-0.2, 0) is 9.53 Å². The lowest BCUT2D eigenvalue weighted by molar-refractivity contribution is -0.141. The quantitative estimate of drug-likeness (QED) is 0.0433. The zero-order chi connectivity index (χ0) is 42.2. The van der Waals surface area contributed by atoms with Crippen molar-refractivity contribution in [2.45, 2.75) is 270 Å². The summed E-state index contributed by atoms with van der Waals surface area (Å²) in [6.07, 6.45) is 41.8. The SMILES string of the molecule is CC/C=C\C(CC)CCCCCCCC.CCC.CCC.CCC.CCCCCCCCCOC(C)=O.CCCCCCCN(CCO)CCCCCC. The van der Waals surface area contributed by atoms with Gasteiger partial charge in [-0.2, -0.15) is 0 Å². The van der Waals surface area contributed by atoms with Gasteiger partial charge in [0.1, 0.15) is 0 Å². The summed E-state index contributed by atoms with van der Waals surface area (Å²) >= 11 is 0. The van der Waals surface area contributed by atoms with Gasteiger partial charge in [0.25, 0.3) is 0 Å². The Morgan fingerprint density at radius 1 is 0.519 bits per heavy atom. The summed E-state index contributed by atoms with van der Waals surface area (Å²) in [6.45, 7) is 31.9. The van der Waals surface area contributed by atoms with Crippen molar-refractivity contribution in [2.24, 2.45) is 5.92 Å². The summed E-state index contributed by atoms with van der Waals surface area (Å²) < 4.78 is 4.83. The first-order valence-electron chi connectivity index (χ1n) is 24.3. The fourth-order valence-corrected chi connectivity index (χ4v) is 5.40. The molecule has 0 bridgehead atoms. The summed E-state index contributed by atoms with van der Waals surface area (Å²) in [5, 5.41) is 9.04. The molecular formula is C50H109NO3. The van der Waals surface area contributed by atoms with Crippen molar-refractivity contribution in [2.75, 3.05) is 32.8 Å². The summed E-state index contributed by atoms with van der Waals surface area (Å²) in [7, 11) is 0. The Labute approximate surface area is 345 Å². The topological polar surface area (TPSA) is 49.8 Å². The van der Waals surface area contributed by atoms with Crippen LogP contribution in [0.5, 0.6) is 0 Å². The van der Waals surface area contributed by atoms with E-state index in [1.807, 2.05) is 0 Å². The van der Waals surface area contributed by atoms with Gasteiger partial charge in [-0.15, -0.1) is 0 Å². The van der Waals surface area contributed by atoms with E-state index < -0.39 is 0 Å². The van der Waals surface area contributed by atoms with Crippen molar-refractivity contribution >= 4 is 5.97 Å². The molecule has 0 saturated heterocycles. The van der Waals surface area contributed by atoms with E-state index in [1.165, 1.54) is 193 Å². The predicted octanol–water partition coefficient (Wildman–Crippen LogP) is 17.1. The van der Waals surface area contributed by atoms with E-state index in [-0.39, 0.29) is 5.97 Å². The fourth-order valence-electron chi connectivity index (χ4n) is 5.40. The van der Waals surface area contributed by atoms with Crippen molar-refractivity contribution in [3.8, 4) is 0 Å². The second kappa shape index (κ2) is 70.0. The molecule has 0 fully saturated rings.